The fourth-order valence-corrected chi connectivity index (χ4v) is 4.49. The minimum Gasteiger partial charge on any atom is -0.507 e. The van der Waals surface area contributed by atoms with Crippen molar-refractivity contribution < 1.29 is 33.5 Å². The number of hydrogen-bond donors (Lipinski definition) is 1. The molecule has 0 saturated carbocycles. The molecule has 2 aromatic rings. The largest absolute Gasteiger partial charge is 0.507 e. The second-order valence-corrected chi connectivity index (χ2v) is 8.50. The third-order valence-electron chi connectivity index (χ3n) is 6.36. The summed E-state index contributed by atoms with van der Waals surface area (Å²) in [5, 5.41) is 22.2. The summed E-state index contributed by atoms with van der Waals surface area (Å²) < 4.78 is 24.6. The first-order valence-corrected chi connectivity index (χ1v) is 11.5. The molecule has 0 radical (unpaired) electrons. The average Bonchev–Trinajstić information content (AvgIpc) is 3.14. The van der Waals surface area contributed by atoms with E-state index >= 15 is 0 Å². The van der Waals surface area contributed by atoms with Gasteiger partial charge in [-0.1, -0.05) is 0 Å². The lowest BCUT2D eigenvalue weighted by Gasteiger charge is -2.29. The molecule has 0 aromatic heterocycles. The summed E-state index contributed by atoms with van der Waals surface area (Å²) in [5.74, 6) is -3.02. The Hall–Kier alpha value is -3.83. The average molecular weight is 499 g/mol. The van der Waals surface area contributed by atoms with E-state index in [1.807, 2.05) is 0 Å². The topological polar surface area (TPSA) is 122 Å². The SMILES string of the molecule is COc1ccc(/C(O)=C2/C(=O)C(=O)N(CCCN3CCOCC3)C2c2ccc([N+](=O)[O-])cc2)cc1F. The molecular weight excluding hydrogens is 473 g/mol. The van der Waals surface area contributed by atoms with Gasteiger partial charge in [0.05, 0.1) is 36.9 Å². The number of ketones is 1. The number of aliphatic hydroxyl groups is 1. The van der Waals surface area contributed by atoms with Crippen molar-refractivity contribution in [3.63, 3.8) is 0 Å². The first kappa shape index (κ1) is 25.3. The normalized spacial score (nSPS) is 20.1. The Kier molecular flexibility index (Phi) is 7.61. The molecule has 2 heterocycles. The number of non-ortho nitro benzene ring substituents is 1. The number of morpholine rings is 1. The number of nitro groups is 1. The van der Waals surface area contributed by atoms with Crippen LogP contribution in [0.2, 0.25) is 0 Å². The van der Waals surface area contributed by atoms with Crippen LogP contribution in [0.1, 0.15) is 23.6 Å². The van der Waals surface area contributed by atoms with Gasteiger partial charge >= 0.3 is 0 Å². The van der Waals surface area contributed by atoms with Gasteiger partial charge in [-0.2, -0.15) is 0 Å². The molecule has 4 rings (SSSR count). The van der Waals surface area contributed by atoms with Gasteiger partial charge in [0.25, 0.3) is 17.4 Å². The highest BCUT2D eigenvalue weighted by molar-refractivity contribution is 6.46. The standard InChI is InChI=1S/C25H26FN3O7/c1-35-20-8-5-17(15-19(20)26)23(30)21-22(16-3-6-18(7-4-16)29(33)34)28(25(32)24(21)31)10-2-9-27-11-13-36-14-12-27/h3-8,15,22,30H,2,9-14H2,1H3/b23-21-. The van der Waals surface area contributed by atoms with Crippen LogP contribution in [0.15, 0.2) is 48.0 Å². The Morgan fingerprint density at radius 1 is 1.17 bits per heavy atom. The molecule has 1 N–H and O–H groups in total. The second-order valence-electron chi connectivity index (χ2n) is 8.50. The van der Waals surface area contributed by atoms with Gasteiger partial charge < -0.3 is 19.5 Å². The van der Waals surface area contributed by atoms with Gasteiger partial charge in [0.15, 0.2) is 11.6 Å². The van der Waals surface area contributed by atoms with E-state index in [-0.39, 0.29) is 29.1 Å². The molecule has 1 atom stereocenters. The van der Waals surface area contributed by atoms with Crippen molar-refractivity contribution in [2.75, 3.05) is 46.5 Å². The number of amides is 1. The molecule has 0 bridgehead atoms. The number of carbonyl (C=O) groups excluding carboxylic acids is 2. The van der Waals surface area contributed by atoms with Crippen LogP contribution in [0, 0.1) is 15.9 Å². The van der Waals surface area contributed by atoms with Crippen LogP contribution in [0.4, 0.5) is 10.1 Å². The highest BCUT2D eigenvalue weighted by Gasteiger charge is 2.46. The van der Waals surface area contributed by atoms with Crippen LogP contribution in [-0.4, -0.2) is 78.0 Å². The number of rotatable bonds is 8. The zero-order chi connectivity index (χ0) is 25.8. The Labute approximate surface area is 206 Å². The van der Waals surface area contributed by atoms with E-state index in [9.17, 15) is 29.2 Å². The van der Waals surface area contributed by atoms with Crippen molar-refractivity contribution in [2.24, 2.45) is 0 Å². The molecule has 0 spiro atoms. The van der Waals surface area contributed by atoms with Gasteiger partial charge in [-0.3, -0.25) is 24.6 Å². The van der Waals surface area contributed by atoms with Gasteiger partial charge in [-0.15, -0.1) is 0 Å². The van der Waals surface area contributed by atoms with E-state index in [4.69, 9.17) is 9.47 Å². The van der Waals surface area contributed by atoms with Crippen LogP contribution in [0.5, 0.6) is 5.75 Å². The van der Waals surface area contributed by atoms with Gasteiger partial charge in [-0.05, 0) is 42.3 Å². The Bertz CT molecular complexity index is 1190. The third-order valence-corrected chi connectivity index (χ3v) is 6.36. The number of likely N-dealkylation sites (tertiary alicyclic amines) is 1. The molecule has 10 nitrogen and oxygen atoms in total. The molecule has 11 heteroatoms. The van der Waals surface area contributed by atoms with E-state index in [0.717, 1.165) is 19.2 Å². The minimum atomic E-state index is -0.986. The van der Waals surface area contributed by atoms with E-state index in [2.05, 4.69) is 4.90 Å². The van der Waals surface area contributed by atoms with Crippen molar-refractivity contribution in [1.29, 1.82) is 0 Å². The molecule has 2 aliphatic rings. The van der Waals surface area contributed by atoms with Crippen molar-refractivity contribution in [1.82, 2.24) is 9.80 Å². The van der Waals surface area contributed by atoms with Gasteiger partial charge in [-0.25, -0.2) is 4.39 Å². The maximum atomic E-state index is 14.3. The number of ether oxygens (including phenoxy) is 2. The monoisotopic (exact) mass is 499 g/mol. The fraction of sp³-hybridized carbons (Fsp3) is 0.360. The van der Waals surface area contributed by atoms with E-state index in [1.165, 1.54) is 48.4 Å². The van der Waals surface area contributed by atoms with Crippen molar-refractivity contribution in [3.8, 4) is 5.75 Å². The summed E-state index contributed by atoms with van der Waals surface area (Å²) in [7, 11) is 1.30. The molecule has 2 fully saturated rings. The first-order chi connectivity index (χ1) is 17.3. The predicted octanol–water partition coefficient (Wildman–Crippen LogP) is 2.89. The van der Waals surface area contributed by atoms with E-state index < -0.39 is 34.2 Å². The van der Waals surface area contributed by atoms with E-state index in [1.54, 1.807) is 0 Å². The lowest BCUT2D eigenvalue weighted by atomic mass is 9.95. The quantitative estimate of drug-likeness (QED) is 0.193. The van der Waals surface area contributed by atoms with Crippen LogP contribution in [0.25, 0.3) is 5.76 Å². The second kappa shape index (κ2) is 10.8. The summed E-state index contributed by atoms with van der Waals surface area (Å²) in [6.07, 6.45) is 0.563. The van der Waals surface area contributed by atoms with Gasteiger partial charge in [0.1, 0.15) is 5.76 Å². The number of hydrogen-bond acceptors (Lipinski definition) is 8. The fourth-order valence-electron chi connectivity index (χ4n) is 4.49. The molecule has 2 saturated heterocycles. The number of halogens is 1. The van der Waals surface area contributed by atoms with E-state index in [0.29, 0.717) is 31.7 Å². The number of nitrogens with zero attached hydrogens (tertiary/aromatic N) is 3. The molecule has 1 amide bonds. The highest BCUT2D eigenvalue weighted by atomic mass is 19.1. The summed E-state index contributed by atoms with van der Waals surface area (Å²) in [4.78, 5) is 40.3. The summed E-state index contributed by atoms with van der Waals surface area (Å²) in [6, 6.07) is 8.18. The zero-order valence-corrected chi connectivity index (χ0v) is 19.7. The highest BCUT2D eigenvalue weighted by Crippen LogP contribution is 2.40. The number of methoxy groups -OCH3 is 1. The lowest BCUT2D eigenvalue weighted by molar-refractivity contribution is -0.384. The molecule has 1 unspecified atom stereocenters. The number of benzene rings is 2. The number of Topliss-reactive ketones (excluding diaryl/α,β-unsaturated/α-hetero) is 1. The van der Waals surface area contributed by atoms with Gasteiger partial charge in [0, 0.05) is 43.9 Å². The first-order valence-electron chi connectivity index (χ1n) is 11.5. The zero-order valence-electron chi connectivity index (χ0n) is 19.7. The number of aliphatic hydroxyl groups excluding tert-OH is 1. The number of nitro benzene ring substituents is 1. The minimum absolute atomic E-state index is 0.00604. The third kappa shape index (κ3) is 5.07. The molecule has 2 aliphatic heterocycles. The lowest BCUT2D eigenvalue weighted by Crippen LogP contribution is -2.38. The molecular formula is C25H26FN3O7. The summed E-state index contributed by atoms with van der Waals surface area (Å²) >= 11 is 0. The van der Waals surface area contributed by atoms with Crippen molar-refractivity contribution >= 4 is 23.1 Å². The Balaban J connectivity index is 1.70. The molecule has 0 aliphatic carbocycles. The summed E-state index contributed by atoms with van der Waals surface area (Å²) in [5.41, 5.74) is 0.0678. The molecule has 2 aromatic carbocycles. The number of carbonyl (C=O) groups is 2. The van der Waals surface area contributed by atoms with Crippen LogP contribution in [0.3, 0.4) is 0 Å². The van der Waals surface area contributed by atoms with Crippen LogP contribution >= 0.6 is 0 Å². The van der Waals surface area contributed by atoms with Crippen molar-refractivity contribution in [3.05, 3.63) is 75.1 Å². The predicted molar refractivity (Wildman–Crippen MR) is 127 cm³/mol. The Morgan fingerprint density at radius 2 is 1.86 bits per heavy atom. The van der Waals surface area contributed by atoms with Gasteiger partial charge in [0.2, 0.25) is 0 Å². The van der Waals surface area contributed by atoms with Crippen LogP contribution in [-0.2, 0) is 14.3 Å². The summed E-state index contributed by atoms with van der Waals surface area (Å²) in [6.45, 7) is 3.71. The molecule has 190 valence electrons. The maximum absolute atomic E-state index is 14.3. The molecule has 36 heavy (non-hydrogen) atoms. The van der Waals surface area contributed by atoms with Crippen molar-refractivity contribution in [2.45, 2.75) is 12.5 Å². The Morgan fingerprint density at radius 3 is 2.47 bits per heavy atom. The van der Waals surface area contributed by atoms with Crippen LogP contribution < -0.4 is 4.74 Å². The smallest absolute Gasteiger partial charge is 0.295 e. The maximum Gasteiger partial charge on any atom is 0.295 e.